The molecule has 0 bridgehead atoms. The molecule has 0 aromatic carbocycles. The van der Waals surface area contributed by atoms with Crippen LogP contribution in [0, 0.1) is 5.41 Å². The largest absolute Gasteiger partial charge is 0.302 e. The molecule has 0 saturated heterocycles. The maximum absolute atomic E-state index is 12.6. The summed E-state index contributed by atoms with van der Waals surface area (Å²) in [6.45, 7) is 12.1. The number of carbonyl (C=O) groups is 1. The van der Waals surface area contributed by atoms with Crippen LogP contribution in [-0.2, 0) is 11.2 Å². The lowest BCUT2D eigenvalue weighted by Gasteiger charge is -2.31. The molecular formula is C16H26N2O. The maximum Gasteiger partial charge on any atom is 0.155 e. The molecule has 0 amide bonds. The molecule has 0 aliphatic heterocycles. The van der Waals surface area contributed by atoms with Crippen molar-refractivity contribution < 1.29 is 4.79 Å². The van der Waals surface area contributed by atoms with E-state index in [9.17, 15) is 4.79 Å². The van der Waals surface area contributed by atoms with Crippen LogP contribution in [0.3, 0.4) is 0 Å². The van der Waals surface area contributed by atoms with E-state index < -0.39 is 0 Å². The molecule has 0 radical (unpaired) electrons. The van der Waals surface area contributed by atoms with Crippen molar-refractivity contribution in [1.82, 2.24) is 10.3 Å². The van der Waals surface area contributed by atoms with Crippen LogP contribution < -0.4 is 5.32 Å². The Kier molecular flexibility index (Phi) is 4.86. The first-order valence-corrected chi connectivity index (χ1v) is 6.81. The van der Waals surface area contributed by atoms with Gasteiger partial charge in [-0.3, -0.25) is 9.78 Å². The second-order valence-electron chi connectivity index (χ2n) is 7.09. The molecule has 3 nitrogen and oxygen atoms in total. The van der Waals surface area contributed by atoms with Crippen molar-refractivity contribution in [3.05, 3.63) is 30.1 Å². The van der Waals surface area contributed by atoms with Gasteiger partial charge in [0.25, 0.3) is 0 Å². The highest BCUT2D eigenvalue weighted by Crippen LogP contribution is 2.20. The average Bonchev–Trinajstić information content (AvgIpc) is 2.25. The van der Waals surface area contributed by atoms with Gasteiger partial charge in [0.2, 0.25) is 0 Å². The Balaban J connectivity index is 2.90. The monoisotopic (exact) mass is 262 g/mol. The van der Waals surface area contributed by atoms with Gasteiger partial charge in [0.1, 0.15) is 0 Å². The molecule has 1 heterocycles. The molecule has 3 heteroatoms. The molecule has 19 heavy (non-hydrogen) atoms. The zero-order valence-electron chi connectivity index (χ0n) is 12.9. The van der Waals surface area contributed by atoms with Gasteiger partial charge in [-0.15, -0.1) is 0 Å². The standard InChI is InChI=1S/C16H26N2O/c1-15(2,3)14(19)13(18-16(4,5)6)11-12-9-7-8-10-17-12/h7-10,13,18H,11H2,1-6H3/t13-/m0/s1. The van der Waals surface area contributed by atoms with Crippen LogP contribution in [0.15, 0.2) is 24.4 Å². The molecule has 0 spiro atoms. The summed E-state index contributed by atoms with van der Waals surface area (Å²) in [6.07, 6.45) is 2.40. The molecule has 1 atom stereocenters. The van der Waals surface area contributed by atoms with E-state index in [1.165, 1.54) is 0 Å². The third-order valence-electron chi connectivity index (χ3n) is 2.80. The molecular weight excluding hydrogens is 236 g/mol. The summed E-state index contributed by atoms with van der Waals surface area (Å²) >= 11 is 0. The number of carbonyl (C=O) groups excluding carboxylic acids is 1. The van der Waals surface area contributed by atoms with Gasteiger partial charge in [0.05, 0.1) is 6.04 Å². The number of aromatic nitrogens is 1. The van der Waals surface area contributed by atoms with Gasteiger partial charge in [-0.25, -0.2) is 0 Å². The Morgan fingerprint density at radius 3 is 2.26 bits per heavy atom. The second kappa shape index (κ2) is 5.83. The van der Waals surface area contributed by atoms with Crippen molar-refractivity contribution in [2.45, 2.75) is 59.5 Å². The van der Waals surface area contributed by atoms with Crippen molar-refractivity contribution in [2.24, 2.45) is 5.41 Å². The average molecular weight is 262 g/mol. The highest BCUT2D eigenvalue weighted by Gasteiger charge is 2.32. The summed E-state index contributed by atoms with van der Waals surface area (Å²) in [4.78, 5) is 16.9. The van der Waals surface area contributed by atoms with Crippen molar-refractivity contribution >= 4 is 5.78 Å². The zero-order chi connectivity index (χ0) is 14.7. The number of ketones is 1. The Hall–Kier alpha value is -1.22. The van der Waals surface area contributed by atoms with Gasteiger partial charge in [-0.1, -0.05) is 26.8 Å². The van der Waals surface area contributed by atoms with Crippen molar-refractivity contribution in [2.75, 3.05) is 0 Å². The number of hydrogen-bond donors (Lipinski definition) is 1. The first-order chi connectivity index (χ1) is 8.59. The van der Waals surface area contributed by atoms with E-state index in [1.807, 2.05) is 39.0 Å². The van der Waals surface area contributed by atoms with Gasteiger partial charge in [-0.2, -0.15) is 0 Å². The Labute approximate surface area is 116 Å². The molecule has 0 saturated carbocycles. The Morgan fingerprint density at radius 1 is 1.21 bits per heavy atom. The first-order valence-electron chi connectivity index (χ1n) is 6.81. The van der Waals surface area contributed by atoms with Gasteiger partial charge in [0, 0.05) is 29.3 Å². The molecule has 0 aliphatic rings. The SMILES string of the molecule is CC(C)(C)N[C@@H](Cc1ccccn1)C(=O)C(C)(C)C. The molecule has 1 N–H and O–H groups in total. The van der Waals surface area contributed by atoms with E-state index >= 15 is 0 Å². The fourth-order valence-corrected chi connectivity index (χ4v) is 1.98. The van der Waals surface area contributed by atoms with Gasteiger partial charge in [-0.05, 0) is 32.9 Å². The van der Waals surface area contributed by atoms with E-state index in [4.69, 9.17) is 0 Å². The van der Waals surface area contributed by atoms with Crippen LogP contribution in [0.4, 0.5) is 0 Å². The number of nitrogens with one attached hydrogen (secondary N) is 1. The number of pyridine rings is 1. The summed E-state index contributed by atoms with van der Waals surface area (Å²) < 4.78 is 0. The minimum atomic E-state index is -0.350. The predicted octanol–water partition coefficient (Wildman–Crippen LogP) is 3.00. The minimum absolute atomic E-state index is 0.0969. The van der Waals surface area contributed by atoms with E-state index in [1.54, 1.807) is 6.20 Å². The fraction of sp³-hybridized carbons (Fsp3) is 0.625. The molecule has 0 aliphatic carbocycles. The Morgan fingerprint density at radius 2 is 1.84 bits per heavy atom. The fourth-order valence-electron chi connectivity index (χ4n) is 1.98. The lowest BCUT2D eigenvalue weighted by atomic mass is 9.84. The number of hydrogen-bond acceptors (Lipinski definition) is 3. The summed E-state index contributed by atoms with van der Waals surface area (Å²) in [5.74, 6) is 0.230. The van der Waals surface area contributed by atoms with Crippen molar-refractivity contribution in [1.29, 1.82) is 0 Å². The smallest absolute Gasteiger partial charge is 0.155 e. The number of rotatable bonds is 4. The van der Waals surface area contributed by atoms with E-state index in [-0.39, 0.29) is 22.8 Å². The number of nitrogens with zero attached hydrogens (tertiary/aromatic N) is 1. The van der Waals surface area contributed by atoms with Gasteiger partial charge >= 0.3 is 0 Å². The lowest BCUT2D eigenvalue weighted by Crippen LogP contribution is -2.52. The first kappa shape index (κ1) is 15.8. The van der Waals surface area contributed by atoms with E-state index in [2.05, 4.69) is 31.1 Å². The molecule has 0 fully saturated rings. The molecule has 1 aromatic rings. The van der Waals surface area contributed by atoms with Crippen molar-refractivity contribution in [3.8, 4) is 0 Å². The topological polar surface area (TPSA) is 42.0 Å². The quantitative estimate of drug-likeness (QED) is 0.907. The van der Waals surface area contributed by atoms with Crippen LogP contribution in [-0.4, -0.2) is 22.3 Å². The van der Waals surface area contributed by atoms with Gasteiger partial charge in [0.15, 0.2) is 5.78 Å². The maximum atomic E-state index is 12.6. The molecule has 1 rings (SSSR count). The van der Waals surface area contributed by atoms with Crippen LogP contribution in [0.5, 0.6) is 0 Å². The normalized spacial score (nSPS) is 14.2. The highest BCUT2D eigenvalue weighted by atomic mass is 16.1. The minimum Gasteiger partial charge on any atom is -0.302 e. The van der Waals surface area contributed by atoms with E-state index in [0.29, 0.717) is 6.42 Å². The Bertz CT molecular complexity index is 413. The molecule has 1 aromatic heterocycles. The number of Topliss-reactive ketones (excluding diaryl/α,β-unsaturated/α-hetero) is 1. The lowest BCUT2D eigenvalue weighted by molar-refractivity contribution is -0.128. The van der Waals surface area contributed by atoms with Crippen LogP contribution in [0.2, 0.25) is 0 Å². The summed E-state index contributed by atoms with van der Waals surface area (Å²) in [5, 5.41) is 3.42. The second-order valence-corrected chi connectivity index (χ2v) is 7.09. The summed E-state index contributed by atoms with van der Waals surface area (Å²) in [5.41, 5.74) is 0.500. The van der Waals surface area contributed by atoms with Crippen LogP contribution >= 0.6 is 0 Å². The van der Waals surface area contributed by atoms with Crippen LogP contribution in [0.25, 0.3) is 0 Å². The third-order valence-corrected chi connectivity index (χ3v) is 2.80. The van der Waals surface area contributed by atoms with E-state index in [0.717, 1.165) is 5.69 Å². The predicted molar refractivity (Wildman–Crippen MR) is 79.1 cm³/mol. The molecule has 0 unspecified atom stereocenters. The van der Waals surface area contributed by atoms with Gasteiger partial charge < -0.3 is 5.32 Å². The highest BCUT2D eigenvalue weighted by molar-refractivity contribution is 5.89. The zero-order valence-corrected chi connectivity index (χ0v) is 12.9. The van der Waals surface area contributed by atoms with Crippen molar-refractivity contribution in [3.63, 3.8) is 0 Å². The van der Waals surface area contributed by atoms with Crippen LogP contribution in [0.1, 0.15) is 47.2 Å². The summed E-state index contributed by atoms with van der Waals surface area (Å²) in [6, 6.07) is 5.61. The third kappa shape index (κ3) is 5.52. The summed E-state index contributed by atoms with van der Waals surface area (Å²) in [7, 11) is 0. The molecule has 106 valence electrons.